The summed E-state index contributed by atoms with van der Waals surface area (Å²) in [6.45, 7) is 0.719. The Bertz CT molecular complexity index is 586. The molecular formula is C17H19ClN2O. The second-order valence-electron chi connectivity index (χ2n) is 5.01. The predicted molar refractivity (Wildman–Crippen MR) is 85.6 cm³/mol. The fourth-order valence-corrected chi connectivity index (χ4v) is 2.38. The quantitative estimate of drug-likeness (QED) is 0.600. The summed E-state index contributed by atoms with van der Waals surface area (Å²) in [5.74, 6) is -0.0761. The summed E-state index contributed by atoms with van der Waals surface area (Å²) in [5.41, 5.74) is 1.80. The topological polar surface area (TPSA) is 33.2 Å². The van der Waals surface area contributed by atoms with E-state index in [9.17, 15) is 4.79 Å². The molecule has 0 bridgehead atoms. The molecule has 0 N–H and O–H groups in total. The van der Waals surface area contributed by atoms with Crippen molar-refractivity contribution in [3.63, 3.8) is 0 Å². The van der Waals surface area contributed by atoms with Gasteiger partial charge in [0.15, 0.2) is 0 Å². The molecule has 1 heterocycles. The monoisotopic (exact) mass is 302 g/mol. The lowest BCUT2D eigenvalue weighted by molar-refractivity contribution is 0.0792. The Labute approximate surface area is 130 Å². The van der Waals surface area contributed by atoms with Crippen LogP contribution in [0, 0.1) is 0 Å². The molecule has 1 amide bonds. The lowest BCUT2D eigenvalue weighted by Crippen LogP contribution is -2.28. The number of rotatable bonds is 6. The molecule has 0 aliphatic rings. The van der Waals surface area contributed by atoms with Gasteiger partial charge in [-0.3, -0.25) is 4.79 Å². The SMILES string of the molecule is CN(CCCCc1ccccc1)C(=O)c1cccnc1Cl. The fraction of sp³-hybridized carbons (Fsp3) is 0.294. The van der Waals surface area contributed by atoms with E-state index in [1.54, 1.807) is 30.3 Å². The maximum absolute atomic E-state index is 12.2. The van der Waals surface area contributed by atoms with Crippen LogP contribution < -0.4 is 0 Å². The van der Waals surface area contributed by atoms with Gasteiger partial charge in [0.2, 0.25) is 0 Å². The number of aryl methyl sites for hydroxylation is 1. The molecule has 110 valence electrons. The number of carbonyl (C=O) groups excluding carboxylic acids is 1. The van der Waals surface area contributed by atoms with E-state index in [1.165, 1.54) is 5.56 Å². The molecule has 0 aliphatic carbocycles. The predicted octanol–water partition coefficient (Wildman–Crippen LogP) is 3.83. The molecule has 0 saturated carbocycles. The summed E-state index contributed by atoms with van der Waals surface area (Å²) >= 11 is 5.95. The zero-order valence-corrected chi connectivity index (χ0v) is 12.9. The lowest BCUT2D eigenvalue weighted by Gasteiger charge is -2.17. The van der Waals surface area contributed by atoms with Crippen LogP contribution in [-0.2, 0) is 6.42 Å². The van der Waals surface area contributed by atoms with E-state index < -0.39 is 0 Å². The first-order chi connectivity index (χ1) is 10.2. The summed E-state index contributed by atoms with van der Waals surface area (Å²) < 4.78 is 0. The molecule has 0 spiro atoms. The minimum atomic E-state index is -0.0761. The lowest BCUT2D eigenvalue weighted by atomic mass is 10.1. The van der Waals surface area contributed by atoms with Gasteiger partial charge in [-0.25, -0.2) is 4.98 Å². The number of carbonyl (C=O) groups is 1. The van der Waals surface area contributed by atoms with Gasteiger partial charge in [-0.2, -0.15) is 0 Å². The van der Waals surface area contributed by atoms with Crippen molar-refractivity contribution in [2.24, 2.45) is 0 Å². The van der Waals surface area contributed by atoms with Gasteiger partial charge >= 0.3 is 0 Å². The van der Waals surface area contributed by atoms with E-state index in [-0.39, 0.29) is 11.1 Å². The van der Waals surface area contributed by atoms with Gasteiger partial charge in [-0.1, -0.05) is 41.9 Å². The molecular weight excluding hydrogens is 284 g/mol. The Morgan fingerprint density at radius 1 is 1.14 bits per heavy atom. The Balaban J connectivity index is 1.78. The van der Waals surface area contributed by atoms with Crippen molar-refractivity contribution in [1.82, 2.24) is 9.88 Å². The van der Waals surface area contributed by atoms with Crippen LogP contribution in [0.15, 0.2) is 48.7 Å². The normalized spacial score (nSPS) is 10.4. The molecule has 0 radical (unpaired) electrons. The second kappa shape index (κ2) is 7.79. The Kier molecular flexibility index (Phi) is 5.76. The average Bonchev–Trinajstić information content (AvgIpc) is 2.52. The van der Waals surface area contributed by atoms with E-state index >= 15 is 0 Å². The highest BCUT2D eigenvalue weighted by molar-refractivity contribution is 6.32. The highest BCUT2D eigenvalue weighted by Crippen LogP contribution is 2.14. The molecule has 3 nitrogen and oxygen atoms in total. The minimum absolute atomic E-state index is 0.0761. The van der Waals surface area contributed by atoms with Gasteiger partial charge in [0.25, 0.3) is 5.91 Å². The number of benzene rings is 1. The summed E-state index contributed by atoms with van der Waals surface area (Å²) in [7, 11) is 1.80. The van der Waals surface area contributed by atoms with Crippen LogP contribution in [0.2, 0.25) is 5.15 Å². The molecule has 1 aromatic carbocycles. The minimum Gasteiger partial charge on any atom is -0.342 e. The molecule has 4 heteroatoms. The van der Waals surface area contributed by atoms with Gasteiger partial charge in [0.05, 0.1) is 5.56 Å². The third kappa shape index (κ3) is 4.57. The van der Waals surface area contributed by atoms with Crippen molar-refractivity contribution in [3.8, 4) is 0 Å². The van der Waals surface area contributed by atoms with Crippen molar-refractivity contribution in [2.45, 2.75) is 19.3 Å². The Hall–Kier alpha value is -1.87. The zero-order chi connectivity index (χ0) is 15.1. The van der Waals surface area contributed by atoms with Gasteiger partial charge in [-0.15, -0.1) is 0 Å². The number of nitrogens with zero attached hydrogens (tertiary/aromatic N) is 2. The van der Waals surface area contributed by atoms with Crippen molar-refractivity contribution < 1.29 is 4.79 Å². The molecule has 0 aliphatic heterocycles. The third-order valence-corrected chi connectivity index (χ3v) is 3.69. The number of amides is 1. The van der Waals surface area contributed by atoms with Crippen molar-refractivity contribution in [2.75, 3.05) is 13.6 Å². The van der Waals surface area contributed by atoms with E-state index in [1.807, 2.05) is 6.07 Å². The first kappa shape index (κ1) is 15.5. The van der Waals surface area contributed by atoms with Crippen LogP contribution in [0.4, 0.5) is 0 Å². The first-order valence-electron chi connectivity index (χ1n) is 7.08. The summed E-state index contributed by atoms with van der Waals surface area (Å²) in [4.78, 5) is 17.9. The number of halogens is 1. The van der Waals surface area contributed by atoms with Crippen LogP contribution in [0.25, 0.3) is 0 Å². The fourth-order valence-electron chi connectivity index (χ4n) is 2.18. The van der Waals surface area contributed by atoms with Crippen LogP contribution in [0.1, 0.15) is 28.8 Å². The molecule has 2 rings (SSSR count). The standard InChI is InChI=1S/C17H19ClN2O/c1-20(17(21)15-11-7-12-19-16(15)18)13-6-5-10-14-8-3-2-4-9-14/h2-4,7-9,11-12H,5-6,10,13H2,1H3. The van der Waals surface area contributed by atoms with Gasteiger partial charge in [-0.05, 0) is 37.0 Å². The van der Waals surface area contributed by atoms with Crippen LogP contribution in [-0.4, -0.2) is 29.4 Å². The highest BCUT2D eigenvalue weighted by atomic mass is 35.5. The van der Waals surface area contributed by atoms with Crippen LogP contribution in [0.3, 0.4) is 0 Å². The number of unbranched alkanes of at least 4 members (excludes halogenated alkanes) is 1. The zero-order valence-electron chi connectivity index (χ0n) is 12.1. The van der Waals surface area contributed by atoms with E-state index in [4.69, 9.17) is 11.6 Å². The average molecular weight is 303 g/mol. The molecule has 0 fully saturated rings. The van der Waals surface area contributed by atoms with Gasteiger partial charge in [0, 0.05) is 19.8 Å². The second-order valence-corrected chi connectivity index (χ2v) is 5.37. The van der Waals surface area contributed by atoms with E-state index in [0.29, 0.717) is 5.56 Å². The van der Waals surface area contributed by atoms with E-state index in [2.05, 4.69) is 29.2 Å². The van der Waals surface area contributed by atoms with Crippen LogP contribution >= 0.6 is 11.6 Å². The summed E-state index contributed by atoms with van der Waals surface area (Å²) in [6.07, 6.45) is 4.65. The van der Waals surface area contributed by atoms with Crippen LogP contribution in [0.5, 0.6) is 0 Å². The molecule has 2 aromatic rings. The first-order valence-corrected chi connectivity index (χ1v) is 7.46. The molecule has 21 heavy (non-hydrogen) atoms. The number of aromatic nitrogens is 1. The Morgan fingerprint density at radius 2 is 1.90 bits per heavy atom. The third-order valence-electron chi connectivity index (χ3n) is 3.39. The maximum atomic E-state index is 12.2. The summed E-state index contributed by atoms with van der Waals surface area (Å²) in [6, 6.07) is 13.8. The van der Waals surface area contributed by atoms with Gasteiger partial charge in [0.1, 0.15) is 5.15 Å². The smallest absolute Gasteiger partial charge is 0.256 e. The maximum Gasteiger partial charge on any atom is 0.256 e. The van der Waals surface area contributed by atoms with E-state index in [0.717, 1.165) is 25.8 Å². The van der Waals surface area contributed by atoms with Crippen molar-refractivity contribution in [1.29, 1.82) is 0 Å². The molecule has 0 saturated heterocycles. The largest absolute Gasteiger partial charge is 0.342 e. The molecule has 1 aromatic heterocycles. The number of pyridine rings is 1. The van der Waals surface area contributed by atoms with Crippen molar-refractivity contribution >= 4 is 17.5 Å². The van der Waals surface area contributed by atoms with Crippen molar-refractivity contribution in [3.05, 3.63) is 64.9 Å². The number of hydrogen-bond acceptors (Lipinski definition) is 2. The Morgan fingerprint density at radius 3 is 2.62 bits per heavy atom. The van der Waals surface area contributed by atoms with Gasteiger partial charge < -0.3 is 4.90 Å². The molecule has 0 unspecified atom stereocenters. The highest BCUT2D eigenvalue weighted by Gasteiger charge is 2.14. The summed E-state index contributed by atoms with van der Waals surface area (Å²) in [5, 5.41) is 0.263. The molecule has 0 atom stereocenters. The number of hydrogen-bond donors (Lipinski definition) is 0.